The van der Waals surface area contributed by atoms with E-state index in [2.05, 4.69) is 0 Å². The monoisotopic (exact) mass is 166 g/mol. The van der Waals surface area contributed by atoms with Gasteiger partial charge in [0.25, 0.3) is 0 Å². The van der Waals surface area contributed by atoms with Gasteiger partial charge in [-0.2, -0.15) is 0 Å². The third-order valence-electron chi connectivity index (χ3n) is 1.69. The molecule has 0 saturated carbocycles. The average Bonchev–Trinajstić information content (AvgIpc) is 2.86. The first-order chi connectivity index (χ1) is 5.86. The fourth-order valence-electron chi connectivity index (χ4n) is 0.926. The zero-order valence-corrected chi connectivity index (χ0v) is 6.56. The molecule has 0 aromatic heterocycles. The molecule has 1 aromatic rings. The Labute approximate surface area is 70.5 Å². The van der Waals surface area contributed by atoms with Crippen molar-refractivity contribution < 1.29 is 14.6 Å². The fourth-order valence-corrected chi connectivity index (χ4v) is 0.926. The standard InChI is InChI=1S/C9H10O3/c10-8-3-1-2-4-9(8)12-6-7-5-11-7/h1-4,7,10H,5-6H2/t7-/m1/s1. The van der Waals surface area contributed by atoms with Crippen molar-refractivity contribution in [3.63, 3.8) is 0 Å². The van der Waals surface area contributed by atoms with Crippen molar-refractivity contribution in [3.8, 4) is 11.5 Å². The quantitative estimate of drug-likeness (QED) is 0.685. The van der Waals surface area contributed by atoms with E-state index >= 15 is 0 Å². The SMILES string of the molecule is Oc1ccccc1OC[C@H]1CO1. The summed E-state index contributed by atoms with van der Waals surface area (Å²) < 4.78 is 10.2. The summed E-state index contributed by atoms with van der Waals surface area (Å²) in [4.78, 5) is 0. The molecule has 3 nitrogen and oxygen atoms in total. The van der Waals surface area contributed by atoms with Gasteiger partial charge in [-0.05, 0) is 12.1 Å². The van der Waals surface area contributed by atoms with E-state index in [-0.39, 0.29) is 11.9 Å². The molecule has 0 spiro atoms. The van der Waals surface area contributed by atoms with Crippen LogP contribution in [0, 0.1) is 0 Å². The van der Waals surface area contributed by atoms with Crippen molar-refractivity contribution in [2.45, 2.75) is 6.10 Å². The molecular formula is C9H10O3. The predicted octanol–water partition coefficient (Wildman–Crippen LogP) is 1.17. The molecule has 1 atom stereocenters. The summed E-state index contributed by atoms with van der Waals surface area (Å²) in [6.07, 6.45) is 0.226. The van der Waals surface area contributed by atoms with Crippen LogP contribution in [0.3, 0.4) is 0 Å². The Morgan fingerprint density at radius 2 is 2.25 bits per heavy atom. The lowest BCUT2D eigenvalue weighted by Crippen LogP contribution is -2.03. The summed E-state index contributed by atoms with van der Waals surface area (Å²) in [5.41, 5.74) is 0. The van der Waals surface area contributed by atoms with Gasteiger partial charge in [-0.25, -0.2) is 0 Å². The molecular weight excluding hydrogens is 156 g/mol. The summed E-state index contributed by atoms with van der Waals surface area (Å²) in [6.45, 7) is 1.30. The van der Waals surface area contributed by atoms with E-state index in [1.54, 1.807) is 18.2 Å². The Morgan fingerprint density at radius 1 is 1.50 bits per heavy atom. The number of ether oxygens (including phenoxy) is 2. The van der Waals surface area contributed by atoms with Crippen LogP contribution in [0.5, 0.6) is 11.5 Å². The molecule has 1 aliphatic rings. The highest BCUT2D eigenvalue weighted by Gasteiger charge is 2.23. The number of epoxide rings is 1. The molecule has 2 rings (SSSR count). The van der Waals surface area contributed by atoms with Gasteiger partial charge in [0.15, 0.2) is 11.5 Å². The minimum Gasteiger partial charge on any atom is -0.504 e. The number of hydrogen-bond donors (Lipinski definition) is 1. The Bertz CT molecular complexity index is 268. The molecule has 0 amide bonds. The normalized spacial score (nSPS) is 20.5. The largest absolute Gasteiger partial charge is 0.504 e. The molecule has 0 aliphatic carbocycles. The number of phenolic OH excluding ortho intramolecular Hbond substituents is 1. The number of rotatable bonds is 3. The van der Waals surface area contributed by atoms with Crippen molar-refractivity contribution in [1.82, 2.24) is 0 Å². The van der Waals surface area contributed by atoms with Gasteiger partial charge >= 0.3 is 0 Å². The summed E-state index contributed by atoms with van der Waals surface area (Å²) in [5.74, 6) is 0.700. The van der Waals surface area contributed by atoms with E-state index in [4.69, 9.17) is 9.47 Å². The zero-order valence-electron chi connectivity index (χ0n) is 6.56. The minimum atomic E-state index is 0.179. The third-order valence-corrected chi connectivity index (χ3v) is 1.69. The molecule has 1 aliphatic heterocycles. The van der Waals surface area contributed by atoms with Gasteiger partial charge in [-0.3, -0.25) is 0 Å². The third kappa shape index (κ3) is 1.68. The van der Waals surface area contributed by atoms with Gasteiger partial charge in [-0.1, -0.05) is 12.1 Å². The van der Waals surface area contributed by atoms with Crippen molar-refractivity contribution in [3.05, 3.63) is 24.3 Å². The number of benzene rings is 1. The maximum atomic E-state index is 9.28. The summed E-state index contributed by atoms with van der Waals surface area (Å²) in [6, 6.07) is 6.92. The molecule has 0 unspecified atom stereocenters. The molecule has 1 heterocycles. The van der Waals surface area contributed by atoms with Gasteiger partial charge in [0.2, 0.25) is 0 Å². The summed E-state index contributed by atoms with van der Waals surface area (Å²) in [5, 5.41) is 9.28. The maximum absolute atomic E-state index is 9.28. The number of phenols is 1. The Balaban J connectivity index is 1.96. The Hall–Kier alpha value is -1.22. The van der Waals surface area contributed by atoms with E-state index in [9.17, 15) is 5.11 Å². The molecule has 0 radical (unpaired) electrons. The maximum Gasteiger partial charge on any atom is 0.161 e. The highest BCUT2D eigenvalue weighted by Crippen LogP contribution is 2.25. The van der Waals surface area contributed by atoms with Crippen molar-refractivity contribution >= 4 is 0 Å². The molecule has 1 aromatic carbocycles. The lowest BCUT2D eigenvalue weighted by atomic mass is 10.3. The smallest absolute Gasteiger partial charge is 0.161 e. The van der Waals surface area contributed by atoms with Crippen LogP contribution < -0.4 is 4.74 Å². The molecule has 1 N–H and O–H groups in total. The molecule has 3 heteroatoms. The lowest BCUT2D eigenvalue weighted by molar-refractivity contribution is 0.254. The first-order valence-corrected chi connectivity index (χ1v) is 3.88. The second kappa shape index (κ2) is 3.03. The minimum absolute atomic E-state index is 0.179. The van der Waals surface area contributed by atoms with Crippen LogP contribution in [0.15, 0.2) is 24.3 Å². The number of aromatic hydroxyl groups is 1. The van der Waals surface area contributed by atoms with Crippen LogP contribution in [0.1, 0.15) is 0 Å². The first-order valence-electron chi connectivity index (χ1n) is 3.88. The Morgan fingerprint density at radius 3 is 2.92 bits per heavy atom. The van der Waals surface area contributed by atoms with E-state index in [0.717, 1.165) is 6.61 Å². The first kappa shape index (κ1) is 7.43. The van der Waals surface area contributed by atoms with Gasteiger partial charge in [0.1, 0.15) is 12.7 Å². The second-order valence-electron chi connectivity index (χ2n) is 2.73. The number of hydrogen-bond acceptors (Lipinski definition) is 3. The second-order valence-corrected chi connectivity index (χ2v) is 2.73. The van der Waals surface area contributed by atoms with E-state index in [1.165, 1.54) is 0 Å². The van der Waals surface area contributed by atoms with Gasteiger partial charge < -0.3 is 14.6 Å². The summed E-state index contributed by atoms with van der Waals surface area (Å²) >= 11 is 0. The fraction of sp³-hybridized carbons (Fsp3) is 0.333. The van der Waals surface area contributed by atoms with Gasteiger partial charge in [0.05, 0.1) is 6.61 Å². The highest BCUT2D eigenvalue weighted by molar-refractivity contribution is 5.37. The lowest BCUT2D eigenvalue weighted by Gasteiger charge is -2.04. The zero-order chi connectivity index (χ0) is 8.39. The van der Waals surface area contributed by atoms with Crippen LogP contribution >= 0.6 is 0 Å². The summed E-state index contributed by atoms with van der Waals surface area (Å²) in [7, 11) is 0. The van der Waals surface area contributed by atoms with Crippen molar-refractivity contribution in [1.29, 1.82) is 0 Å². The molecule has 1 fully saturated rings. The van der Waals surface area contributed by atoms with Crippen LogP contribution in [0.2, 0.25) is 0 Å². The van der Waals surface area contributed by atoms with Gasteiger partial charge in [0, 0.05) is 0 Å². The van der Waals surface area contributed by atoms with Crippen LogP contribution in [0.4, 0.5) is 0 Å². The molecule has 0 bridgehead atoms. The van der Waals surface area contributed by atoms with Crippen molar-refractivity contribution in [2.24, 2.45) is 0 Å². The van der Waals surface area contributed by atoms with Gasteiger partial charge in [-0.15, -0.1) is 0 Å². The molecule has 64 valence electrons. The van der Waals surface area contributed by atoms with E-state index < -0.39 is 0 Å². The molecule has 12 heavy (non-hydrogen) atoms. The molecule has 1 saturated heterocycles. The van der Waals surface area contributed by atoms with Crippen LogP contribution in [0.25, 0.3) is 0 Å². The average molecular weight is 166 g/mol. The van der Waals surface area contributed by atoms with E-state index in [0.29, 0.717) is 12.4 Å². The van der Waals surface area contributed by atoms with E-state index in [1.807, 2.05) is 6.07 Å². The predicted molar refractivity (Wildman–Crippen MR) is 43.3 cm³/mol. The Kier molecular flexibility index (Phi) is 1.87. The van der Waals surface area contributed by atoms with Crippen molar-refractivity contribution in [2.75, 3.05) is 13.2 Å². The topological polar surface area (TPSA) is 42.0 Å². The van der Waals surface area contributed by atoms with Crippen LogP contribution in [-0.2, 0) is 4.74 Å². The highest BCUT2D eigenvalue weighted by atomic mass is 16.6. The number of para-hydroxylation sites is 2. The van der Waals surface area contributed by atoms with Crippen LogP contribution in [-0.4, -0.2) is 24.4 Å².